The van der Waals surface area contributed by atoms with Gasteiger partial charge in [0.05, 0.1) is 29.9 Å². The van der Waals surface area contributed by atoms with Gasteiger partial charge < -0.3 is 20.7 Å². The van der Waals surface area contributed by atoms with Crippen LogP contribution in [-0.2, 0) is 16.8 Å². The highest BCUT2D eigenvalue weighted by molar-refractivity contribution is 6.10. The Bertz CT molecular complexity index is 1620. The second-order valence-corrected chi connectivity index (χ2v) is 12.2. The fourth-order valence-corrected chi connectivity index (χ4v) is 5.62. The number of piperidine rings is 1. The number of aromatic nitrogens is 1. The molecule has 0 aliphatic carbocycles. The zero-order valence-corrected chi connectivity index (χ0v) is 25.7. The molecule has 3 amide bonds. The minimum Gasteiger partial charge on any atom is -0.492 e. The summed E-state index contributed by atoms with van der Waals surface area (Å²) in [5, 5.41) is 10.7. The highest BCUT2D eigenvalue weighted by Gasteiger charge is 2.22. The van der Waals surface area contributed by atoms with Gasteiger partial charge in [-0.15, -0.1) is 0 Å². The summed E-state index contributed by atoms with van der Waals surface area (Å²) < 4.78 is 5.62. The molecule has 0 radical (unpaired) electrons. The zero-order chi connectivity index (χ0) is 30.6. The summed E-state index contributed by atoms with van der Waals surface area (Å²) in [4.78, 5) is 32.5. The molecule has 43 heavy (non-hydrogen) atoms. The summed E-state index contributed by atoms with van der Waals surface area (Å²) in [6, 6.07) is 19.6. The normalized spacial score (nSPS) is 13.9. The Hall–Kier alpha value is -4.43. The third-order valence-electron chi connectivity index (χ3n) is 7.86. The molecule has 8 heteroatoms. The summed E-state index contributed by atoms with van der Waals surface area (Å²) >= 11 is 0. The van der Waals surface area contributed by atoms with Gasteiger partial charge in [-0.05, 0) is 72.1 Å². The number of likely N-dealkylation sites (tertiary alicyclic amines) is 1. The van der Waals surface area contributed by atoms with E-state index in [4.69, 9.17) is 9.72 Å². The average Bonchev–Trinajstić information content (AvgIpc) is 2.97. The van der Waals surface area contributed by atoms with Crippen LogP contribution >= 0.6 is 0 Å². The van der Waals surface area contributed by atoms with Crippen LogP contribution in [0.5, 0.6) is 5.75 Å². The van der Waals surface area contributed by atoms with Gasteiger partial charge in [0.2, 0.25) is 5.91 Å². The molecule has 1 aliphatic rings. The van der Waals surface area contributed by atoms with E-state index < -0.39 is 6.03 Å². The van der Waals surface area contributed by atoms with Gasteiger partial charge in [0.1, 0.15) is 0 Å². The van der Waals surface area contributed by atoms with Crippen molar-refractivity contribution in [2.45, 2.75) is 58.9 Å². The Labute approximate surface area is 253 Å². The number of hydrogen-bond acceptors (Lipinski definition) is 5. The van der Waals surface area contributed by atoms with Crippen molar-refractivity contribution < 1.29 is 14.3 Å². The lowest BCUT2D eigenvalue weighted by Gasteiger charge is -2.25. The van der Waals surface area contributed by atoms with Crippen molar-refractivity contribution in [2.24, 2.45) is 0 Å². The Kier molecular flexibility index (Phi) is 8.97. The quantitative estimate of drug-likeness (QED) is 0.208. The number of carbonyl (C=O) groups is 2. The molecule has 1 aliphatic heterocycles. The maximum absolute atomic E-state index is 13.4. The van der Waals surface area contributed by atoms with Crippen LogP contribution in [0.25, 0.3) is 21.9 Å². The summed E-state index contributed by atoms with van der Waals surface area (Å²) in [5.74, 6) is 0.160. The maximum Gasteiger partial charge on any atom is 0.323 e. The molecular formula is C35H41N5O3. The van der Waals surface area contributed by atoms with Crippen LogP contribution in [0, 0.1) is 0 Å². The second kappa shape index (κ2) is 12.8. The molecule has 0 spiro atoms. The smallest absolute Gasteiger partial charge is 0.323 e. The lowest BCUT2D eigenvalue weighted by atomic mass is 9.86. The van der Waals surface area contributed by atoms with E-state index in [1.807, 2.05) is 48.7 Å². The van der Waals surface area contributed by atoms with Gasteiger partial charge in [0.25, 0.3) is 0 Å². The largest absolute Gasteiger partial charge is 0.492 e. The molecule has 4 aromatic rings. The Morgan fingerprint density at radius 3 is 2.16 bits per heavy atom. The first-order chi connectivity index (χ1) is 20.6. The molecule has 0 unspecified atom stereocenters. The van der Waals surface area contributed by atoms with E-state index in [-0.39, 0.29) is 11.3 Å². The number of anilines is 3. The molecule has 1 fully saturated rings. The van der Waals surface area contributed by atoms with E-state index >= 15 is 0 Å². The first kappa shape index (κ1) is 30.0. The van der Waals surface area contributed by atoms with E-state index in [0.717, 1.165) is 52.8 Å². The van der Waals surface area contributed by atoms with Gasteiger partial charge in [-0.3, -0.25) is 14.7 Å². The van der Waals surface area contributed by atoms with E-state index in [9.17, 15) is 9.59 Å². The molecule has 1 saturated heterocycles. The summed E-state index contributed by atoms with van der Waals surface area (Å²) in [5.41, 5.74) is 5.53. The summed E-state index contributed by atoms with van der Waals surface area (Å²) in [6.07, 6.45) is 5.79. The Balaban J connectivity index is 1.39. The van der Waals surface area contributed by atoms with E-state index in [2.05, 4.69) is 59.8 Å². The van der Waals surface area contributed by atoms with Crippen molar-refractivity contribution in [1.29, 1.82) is 0 Å². The van der Waals surface area contributed by atoms with E-state index in [1.54, 1.807) is 0 Å². The van der Waals surface area contributed by atoms with Gasteiger partial charge in [-0.1, -0.05) is 63.6 Å². The van der Waals surface area contributed by atoms with Crippen LogP contribution in [0.1, 0.15) is 58.2 Å². The monoisotopic (exact) mass is 579 g/mol. The Morgan fingerprint density at radius 2 is 1.53 bits per heavy atom. The van der Waals surface area contributed by atoms with Gasteiger partial charge in [-0.2, -0.15) is 0 Å². The second-order valence-electron chi connectivity index (χ2n) is 12.2. The van der Waals surface area contributed by atoms with Gasteiger partial charge >= 0.3 is 6.03 Å². The van der Waals surface area contributed by atoms with Crippen LogP contribution in [0.15, 0.2) is 66.9 Å². The highest BCUT2D eigenvalue weighted by atomic mass is 16.5. The van der Waals surface area contributed by atoms with Crippen LogP contribution in [0.2, 0.25) is 0 Å². The topological polar surface area (TPSA) is 95.6 Å². The van der Waals surface area contributed by atoms with Gasteiger partial charge in [0, 0.05) is 30.6 Å². The fourth-order valence-electron chi connectivity index (χ4n) is 5.62. The number of ether oxygens (including phenoxy) is 1. The van der Waals surface area contributed by atoms with Crippen molar-refractivity contribution in [3.05, 3.63) is 78.1 Å². The van der Waals surface area contributed by atoms with Crippen molar-refractivity contribution in [3.8, 4) is 16.9 Å². The first-order valence-electron chi connectivity index (χ1n) is 14.9. The zero-order valence-electron chi connectivity index (χ0n) is 25.7. The molecule has 2 heterocycles. The number of rotatable bonds is 7. The number of nitrogens with one attached hydrogen (secondary N) is 3. The number of hydrogen-bond donors (Lipinski definition) is 3. The molecule has 3 aromatic carbocycles. The predicted molar refractivity (Wildman–Crippen MR) is 175 cm³/mol. The van der Waals surface area contributed by atoms with Gasteiger partial charge in [0.15, 0.2) is 5.75 Å². The van der Waals surface area contributed by atoms with E-state index in [1.165, 1.54) is 33.3 Å². The molecule has 224 valence electrons. The first-order valence-corrected chi connectivity index (χ1v) is 14.9. The molecular weight excluding hydrogens is 538 g/mol. The SMILES string of the molecule is COc1c(NC(C)=O)cc(C(C)(C)C)cc1NC(=O)Nc1ccc(-c2ccc(CN3CCCCC3)nc2)c2ccccc12. The minimum absolute atomic E-state index is 0.223. The fraction of sp³-hybridized carbons (Fsp3) is 0.343. The van der Waals surface area contributed by atoms with Crippen molar-refractivity contribution in [3.63, 3.8) is 0 Å². The highest BCUT2D eigenvalue weighted by Crippen LogP contribution is 2.39. The van der Waals surface area contributed by atoms with E-state index in [0.29, 0.717) is 22.8 Å². The van der Waals surface area contributed by atoms with Crippen LogP contribution in [0.3, 0.4) is 0 Å². The molecule has 3 N–H and O–H groups in total. The minimum atomic E-state index is -0.417. The number of methoxy groups -OCH3 is 1. The molecule has 0 bridgehead atoms. The number of urea groups is 1. The number of pyridine rings is 1. The molecule has 1 aromatic heterocycles. The number of carbonyl (C=O) groups excluding carboxylic acids is 2. The molecule has 5 rings (SSSR count). The lowest BCUT2D eigenvalue weighted by molar-refractivity contribution is -0.114. The number of nitrogens with zero attached hydrogens (tertiary/aromatic N) is 2. The summed E-state index contributed by atoms with van der Waals surface area (Å²) in [7, 11) is 1.52. The standard InChI is InChI=1S/C35H41N5O3/c1-23(41)37-31-19-25(35(2,3)4)20-32(33(31)43-5)39-34(42)38-30-16-15-27(28-11-7-8-12-29(28)30)24-13-14-26(36-21-24)22-40-17-9-6-10-18-40/h7-8,11-16,19-21H,6,9-10,17-18,22H2,1-5H3,(H,37,41)(H2,38,39,42). The number of benzene rings is 3. The van der Waals surface area contributed by atoms with Crippen molar-refractivity contribution in [2.75, 3.05) is 36.1 Å². The third kappa shape index (κ3) is 7.14. The average molecular weight is 580 g/mol. The Morgan fingerprint density at radius 1 is 0.860 bits per heavy atom. The van der Waals surface area contributed by atoms with Gasteiger partial charge in [-0.25, -0.2) is 4.79 Å². The summed E-state index contributed by atoms with van der Waals surface area (Å²) in [6.45, 7) is 10.8. The number of fused-ring (bicyclic) bond motifs is 1. The third-order valence-corrected chi connectivity index (χ3v) is 7.86. The lowest BCUT2D eigenvalue weighted by Crippen LogP contribution is -2.29. The van der Waals surface area contributed by atoms with Crippen molar-refractivity contribution in [1.82, 2.24) is 9.88 Å². The van der Waals surface area contributed by atoms with Crippen LogP contribution in [0.4, 0.5) is 21.9 Å². The van der Waals surface area contributed by atoms with Crippen LogP contribution < -0.4 is 20.7 Å². The van der Waals surface area contributed by atoms with Crippen molar-refractivity contribution >= 4 is 39.8 Å². The molecule has 0 atom stereocenters. The molecule has 0 saturated carbocycles. The van der Waals surface area contributed by atoms with Crippen LogP contribution in [-0.4, -0.2) is 42.0 Å². The molecule has 8 nitrogen and oxygen atoms in total. The maximum atomic E-state index is 13.4. The number of amides is 3. The predicted octanol–water partition coefficient (Wildman–Crippen LogP) is 7.80.